The number of rotatable bonds is 78. The number of aliphatic hydroxyl groups excluding tert-OH is 1. The maximum absolute atomic E-state index is 13.1. The normalized spacial score (nSPS) is 14.0. The highest BCUT2D eigenvalue weighted by Crippen LogP contribution is 2.45. The van der Waals surface area contributed by atoms with Crippen molar-refractivity contribution in [1.29, 1.82) is 0 Å². The molecule has 0 heterocycles. The zero-order valence-electron chi connectivity index (χ0n) is 64.1. The number of aliphatic hydroxyl groups is 1. The molecule has 0 aromatic carbocycles. The lowest BCUT2D eigenvalue weighted by Gasteiger charge is -2.21. The zero-order valence-corrected chi connectivity index (χ0v) is 65.9. The lowest BCUT2D eigenvalue weighted by atomic mass is 10.0. The highest BCUT2D eigenvalue weighted by atomic mass is 31.2. The van der Waals surface area contributed by atoms with Crippen LogP contribution in [0.25, 0.3) is 0 Å². The summed E-state index contributed by atoms with van der Waals surface area (Å²) in [6, 6.07) is 0. The molecule has 584 valence electrons. The standard InChI is InChI=1S/C80H152O17P2/c1-6-9-12-15-18-21-23-25-27-28-29-30-31-32-34-36-40-45-50-55-60-65-79(84)97-76(70-91-78(83)64-59-54-49-44-39-35-33-26-24-22-19-16-13-10-7-2)72-95-99(88,89)93-68-74(81)67-92-98(86,87)94-71-75(69-90-77(82)63-58-53-48-42-20-17-14-11-8-3)96-80(85)66-61-56-51-46-41-37-38-43-47-52-57-62-73(4)5/h22,24,26,33,73-76,81H,6-21,23,25,27-32,34-72H2,1-5H3,(H,86,87)(H,88,89)/b24-22-,33-26-/t74-,75+,76+/m0/s1. The van der Waals surface area contributed by atoms with E-state index in [1.54, 1.807) is 0 Å². The number of carbonyl (C=O) groups is 4. The van der Waals surface area contributed by atoms with Gasteiger partial charge < -0.3 is 33.8 Å². The molecule has 3 N–H and O–H groups in total. The van der Waals surface area contributed by atoms with Crippen LogP contribution in [-0.4, -0.2) is 96.7 Å². The Morgan fingerprint density at radius 1 is 0.313 bits per heavy atom. The predicted molar refractivity (Wildman–Crippen MR) is 404 cm³/mol. The number of phosphoric ester groups is 2. The monoisotopic (exact) mass is 1450 g/mol. The van der Waals surface area contributed by atoms with Gasteiger partial charge in [0.1, 0.15) is 19.3 Å². The number of esters is 4. The first-order valence-electron chi connectivity index (χ1n) is 41.0. The van der Waals surface area contributed by atoms with Gasteiger partial charge in [0.15, 0.2) is 12.2 Å². The Hall–Kier alpha value is -2.46. The van der Waals surface area contributed by atoms with Crippen LogP contribution >= 0.6 is 15.6 Å². The van der Waals surface area contributed by atoms with Crippen LogP contribution in [-0.2, 0) is 65.4 Å². The molecular formula is C80H152O17P2. The fourth-order valence-corrected chi connectivity index (χ4v) is 13.4. The summed E-state index contributed by atoms with van der Waals surface area (Å²) in [7, 11) is -9.93. The fourth-order valence-electron chi connectivity index (χ4n) is 11.9. The van der Waals surface area contributed by atoms with Crippen LogP contribution in [0.15, 0.2) is 24.3 Å². The molecule has 0 aliphatic carbocycles. The molecule has 17 nitrogen and oxygen atoms in total. The van der Waals surface area contributed by atoms with Gasteiger partial charge in [0, 0.05) is 25.7 Å². The molecule has 0 rings (SSSR count). The van der Waals surface area contributed by atoms with Gasteiger partial charge >= 0.3 is 39.5 Å². The summed E-state index contributed by atoms with van der Waals surface area (Å²) in [6.45, 7) is 7.23. The predicted octanol–water partition coefficient (Wildman–Crippen LogP) is 23.6. The summed E-state index contributed by atoms with van der Waals surface area (Å²) < 4.78 is 68.6. The molecule has 0 aliphatic heterocycles. The van der Waals surface area contributed by atoms with Crippen LogP contribution < -0.4 is 0 Å². The number of ether oxygens (including phenoxy) is 4. The molecule has 0 aromatic heterocycles. The third-order valence-electron chi connectivity index (χ3n) is 18.2. The first-order chi connectivity index (χ1) is 48.0. The number of hydrogen-bond acceptors (Lipinski definition) is 15. The molecule has 99 heavy (non-hydrogen) atoms. The van der Waals surface area contributed by atoms with Crippen LogP contribution in [0.3, 0.4) is 0 Å². The number of carbonyl (C=O) groups excluding carboxylic acids is 4. The van der Waals surface area contributed by atoms with Crippen LogP contribution in [0.5, 0.6) is 0 Å². The van der Waals surface area contributed by atoms with E-state index in [0.29, 0.717) is 25.7 Å². The second-order valence-electron chi connectivity index (χ2n) is 28.6. The highest BCUT2D eigenvalue weighted by molar-refractivity contribution is 7.47. The molecule has 0 saturated carbocycles. The molecule has 0 aliphatic rings. The SMILES string of the molecule is CCCCCC/C=C\C=C/CCCCCCCC(=O)OC[C@H](COP(=O)(O)OC[C@@H](O)COP(=O)(O)OC[C@@H](COC(=O)CCCCCCCCCCC)OC(=O)CCCCCCCCCCCCCC(C)C)OC(=O)CCCCCCCCCCCCCCCCCCCCCCC. The van der Waals surface area contributed by atoms with Gasteiger partial charge in [-0.15, -0.1) is 0 Å². The topological polar surface area (TPSA) is 237 Å². The van der Waals surface area contributed by atoms with Gasteiger partial charge in [0.2, 0.25) is 0 Å². The second kappa shape index (κ2) is 72.5. The summed E-state index contributed by atoms with van der Waals surface area (Å²) in [5.74, 6) is -1.38. The van der Waals surface area contributed by atoms with E-state index in [9.17, 15) is 43.2 Å². The first-order valence-corrected chi connectivity index (χ1v) is 43.9. The number of phosphoric acid groups is 2. The quantitative estimate of drug-likeness (QED) is 0.0169. The number of hydrogen-bond donors (Lipinski definition) is 3. The summed E-state index contributed by atoms with van der Waals surface area (Å²) in [4.78, 5) is 72.9. The summed E-state index contributed by atoms with van der Waals surface area (Å²) in [5, 5.41) is 10.6. The minimum absolute atomic E-state index is 0.102. The molecule has 0 amide bonds. The van der Waals surface area contributed by atoms with E-state index < -0.39 is 97.5 Å². The van der Waals surface area contributed by atoms with E-state index in [1.165, 1.54) is 205 Å². The van der Waals surface area contributed by atoms with Crippen molar-refractivity contribution in [3.8, 4) is 0 Å². The smallest absolute Gasteiger partial charge is 0.462 e. The Labute approximate surface area is 605 Å². The minimum Gasteiger partial charge on any atom is -0.462 e. The van der Waals surface area contributed by atoms with Crippen molar-refractivity contribution < 1.29 is 80.2 Å². The van der Waals surface area contributed by atoms with Gasteiger partial charge in [-0.05, 0) is 57.3 Å². The fraction of sp³-hybridized carbons (Fsp3) is 0.900. The molecule has 5 atom stereocenters. The maximum atomic E-state index is 13.1. The van der Waals surface area contributed by atoms with Crippen molar-refractivity contribution in [3.63, 3.8) is 0 Å². The van der Waals surface area contributed by atoms with Crippen LogP contribution in [0.4, 0.5) is 0 Å². The van der Waals surface area contributed by atoms with Gasteiger partial charge in [-0.3, -0.25) is 37.3 Å². The molecule has 0 aromatic rings. The van der Waals surface area contributed by atoms with Gasteiger partial charge in [-0.1, -0.05) is 348 Å². The third kappa shape index (κ3) is 73.6. The zero-order chi connectivity index (χ0) is 72.7. The molecule has 0 spiro atoms. The molecule has 0 bridgehead atoms. The van der Waals surface area contributed by atoms with Crippen LogP contribution in [0, 0.1) is 5.92 Å². The van der Waals surface area contributed by atoms with E-state index in [-0.39, 0.29) is 25.7 Å². The van der Waals surface area contributed by atoms with Gasteiger partial charge in [-0.2, -0.15) is 0 Å². The van der Waals surface area contributed by atoms with E-state index in [0.717, 1.165) is 115 Å². The largest absolute Gasteiger partial charge is 0.472 e. The summed E-state index contributed by atoms with van der Waals surface area (Å²) in [6.07, 6.45) is 66.1. The average molecular weight is 1450 g/mol. The number of unbranched alkanes of at least 4 members (excludes halogenated alkanes) is 47. The summed E-state index contributed by atoms with van der Waals surface area (Å²) >= 11 is 0. The van der Waals surface area contributed by atoms with Crippen molar-refractivity contribution in [2.24, 2.45) is 5.92 Å². The Morgan fingerprint density at radius 2 is 0.545 bits per heavy atom. The Kier molecular flexibility index (Phi) is 70.7. The van der Waals surface area contributed by atoms with Gasteiger partial charge in [-0.25, -0.2) is 9.13 Å². The Bertz CT molecular complexity index is 1990. The van der Waals surface area contributed by atoms with Crippen LogP contribution in [0.1, 0.15) is 401 Å². The van der Waals surface area contributed by atoms with Crippen molar-refractivity contribution in [3.05, 3.63) is 24.3 Å². The van der Waals surface area contributed by atoms with Gasteiger partial charge in [0.05, 0.1) is 26.4 Å². The molecule has 19 heteroatoms. The van der Waals surface area contributed by atoms with Crippen molar-refractivity contribution in [2.75, 3.05) is 39.6 Å². The molecule has 2 unspecified atom stereocenters. The Balaban J connectivity index is 5.23. The Morgan fingerprint density at radius 3 is 0.828 bits per heavy atom. The van der Waals surface area contributed by atoms with Crippen molar-refractivity contribution >= 4 is 39.5 Å². The van der Waals surface area contributed by atoms with E-state index >= 15 is 0 Å². The van der Waals surface area contributed by atoms with E-state index in [2.05, 4.69) is 58.9 Å². The lowest BCUT2D eigenvalue weighted by Crippen LogP contribution is -2.30. The van der Waals surface area contributed by atoms with E-state index in [1.807, 2.05) is 0 Å². The molecule has 0 radical (unpaired) electrons. The highest BCUT2D eigenvalue weighted by Gasteiger charge is 2.30. The molecular weight excluding hydrogens is 1290 g/mol. The van der Waals surface area contributed by atoms with Crippen molar-refractivity contribution in [2.45, 2.75) is 419 Å². The lowest BCUT2D eigenvalue weighted by molar-refractivity contribution is -0.161. The van der Waals surface area contributed by atoms with Crippen molar-refractivity contribution in [1.82, 2.24) is 0 Å². The van der Waals surface area contributed by atoms with Gasteiger partial charge in [0.25, 0.3) is 0 Å². The molecule has 0 fully saturated rings. The maximum Gasteiger partial charge on any atom is 0.472 e. The summed E-state index contributed by atoms with van der Waals surface area (Å²) in [5.41, 5.74) is 0. The van der Waals surface area contributed by atoms with E-state index in [4.69, 9.17) is 37.0 Å². The number of allylic oxidation sites excluding steroid dienone is 4. The average Bonchev–Trinajstić information content (AvgIpc) is 1.02. The second-order valence-corrected chi connectivity index (χ2v) is 31.5. The molecule has 0 saturated heterocycles. The van der Waals surface area contributed by atoms with Crippen LogP contribution in [0.2, 0.25) is 0 Å². The minimum atomic E-state index is -4.97. The first kappa shape index (κ1) is 96.5. The third-order valence-corrected chi connectivity index (χ3v) is 20.1.